The Balaban J connectivity index is 2.14. The molecule has 0 radical (unpaired) electrons. The number of aryl methyl sites for hydroxylation is 1. The van der Waals surface area contributed by atoms with Crippen LogP contribution in [0.5, 0.6) is 5.75 Å². The first kappa shape index (κ1) is 11.4. The summed E-state index contributed by atoms with van der Waals surface area (Å²) in [4.78, 5) is 0. The molecule has 0 fully saturated rings. The van der Waals surface area contributed by atoms with Gasteiger partial charge < -0.3 is 14.9 Å². The standard InChI is InChI=1S/C13H18O3/c1-9(14)8-16-11-6-5-10-3-2-4-13(15)12(10)7-11/h5-7,9,13-15H,2-4,8H2,1H3/t9?,13-/m1/s1. The smallest absolute Gasteiger partial charge is 0.119 e. The molecule has 0 heterocycles. The Bertz CT molecular complexity index is 360. The van der Waals surface area contributed by atoms with E-state index in [9.17, 15) is 5.11 Å². The van der Waals surface area contributed by atoms with Gasteiger partial charge in [0.15, 0.2) is 0 Å². The van der Waals surface area contributed by atoms with E-state index in [1.807, 2.05) is 18.2 Å². The van der Waals surface area contributed by atoms with Crippen LogP contribution in [0, 0.1) is 0 Å². The molecular formula is C13H18O3. The van der Waals surface area contributed by atoms with Crippen molar-refractivity contribution in [2.24, 2.45) is 0 Å². The molecule has 0 saturated carbocycles. The zero-order chi connectivity index (χ0) is 11.5. The molecule has 0 aliphatic heterocycles. The van der Waals surface area contributed by atoms with Gasteiger partial charge in [0.2, 0.25) is 0 Å². The van der Waals surface area contributed by atoms with E-state index in [0.29, 0.717) is 0 Å². The van der Waals surface area contributed by atoms with Gasteiger partial charge in [0, 0.05) is 0 Å². The Morgan fingerprint density at radius 1 is 1.50 bits per heavy atom. The molecule has 2 N–H and O–H groups in total. The van der Waals surface area contributed by atoms with Gasteiger partial charge in [0.05, 0.1) is 12.2 Å². The van der Waals surface area contributed by atoms with E-state index in [1.165, 1.54) is 5.56 Å². The lowest BCUT2D eigenvalue weighted by atomic mass is 9.89. The Labute approximate surface area is 95.7 Å². The number of benzene rings is 1. The Morgan fingerprint density at radius 3 is 3.06 bits per heavy atom. The number of fused-ring (bicyclic) bond motifs is 1. The molecule has 16 heavy (non-hydrogen) atoms. The van der Waals surface area contributed by atoms with E-state index in [2.05, 4.69) is 0 Å². The zero-order valence-corrected chi connectivity index (χ0v) is 9.52. The average molecular weight is 222 g/mol. The molecule has 1 aromatic carbocycles. The summed E-state index contributed by atoms with van der Waals surface area (Å²) in [5, 5.41) is 19.0. The maximum absolute atomic E-state index is 9.86. The maximum Gasteiger partial charge on any atom is 0.119 e. The summed E-state index contributed by atoms with van der Waals surface area (Å²) in [5.74, 6) is 0.723. The van der Waals surface area contributed by atoms with Crippen LogP contribution in [-0.2, 0) is 6.42 Å². The molecule has 3 heteroatoms. The van der Waals surface area contributed by atoms with Gasteiger partial charge in [0.25, 0.3) is 0 Å². The fourth-order valence-electron chi connectivity index (χ4n) is 2.06. The Kier molecular flexibility index (Phi) is 3.46. The molecule has 0 aromatic heterocycles. The number of rotatable bonds is 3. The van der Waals surface area contributed by atoms with Crippen LogP contribution in [0.25, 0.3) is 0 Å². The lowest BCUT2D eigenvalue weighted by Crippen LogP contribution is -2.14. The molecule has 1 unspecified atom stereocenters. The summed E-state index contributed by atoms with van der Waals surface area (Å²) in [5.41, 5.74) is 2.19. The number of hydrogen-bond acceptors (Lipinski definition) is 3. The van der Waals surface area contributed by atoms with Crippen molar-refractivity contribution >= 4 is 0 Å². The van der Waals surface area contributed by atoms with E-state index in [1.54, 1.807) is 6.92 Å². The van der Waals surface area contributed by atoms with Crippen LogP contribution in [0.2, 0.25) is 0 Å². The van der Waals surface area contributed by atoms with E-state index in [4.69, 9.17) is 9.84 Å². The zero-order valence-electron chi connectivity index (χ0n) is 9.52. The van der Waals surface area contributed by atoms with Gasteiger partial charge in [-0.1, -0.05) is 6.07 Å². The third-order valence-electron chi connectivity index (χ3n) is 2.89. The molecule has 3 nitrogen and oxygen atoms in total. The summed E-state index contributed by atoms with van der Waals surface area (Å²) < 4.78 is 5.42. The lowest BCUT2D eigenvalue weighted by molar-refractivity contribution is 0.122. The fraction of sp³-hybridized carbons (Fsp3) is 0.538. The molecular weight excluding hydrogens is 204 g/mol. The average Bonchev–Trinajstić information content (AvgIpc) is 2.27. The first-order valence-corrected chi connectivity index (χ1v) is 5.78. The molecule has 0 bridgehead atoms. The monoisotopic (exact) mass is 222 g/mol. The summed E-state index contributed by atoms with van der Waals surface area (Å²) in [6.07, 6.45) is 2.07. The van der Waals surface area contributed by atoms with Crippen molar-refractivity contribution in [1.82, 2.24) is 0 Å². The second-order valence-electron chi connectivity index (χ2n) is 4.43. The van der Waals surface area contributed by atoms with Crippen molar-refractivity contribution in [2.45, 2.75) is 38.4 Å². The molecule has 1 aliphatic rings. The van der Waals surface area contributed by atoms with Gasteiger partial charge in [-0.25, -0.2) is 0 Å². The van der Waals surface area contributed by atoms with E-state index in [-0.39, 0.29) is 12.7 Å². The van der Waals surface area contributed by atoms with Crippen molar-refractivity contribution in [2.75, 3.05) is 6.61 Å². The van der Waals surface area contributed by atoms with Crippen molar-refractivity contribution in [3.63, 3.8) is 0 Å². The highest BCUT2D eigenvalue weighted by atomic mass is 16.5. The predicted octanol–water partition coefficient (Wildman–Crippen LogP) is 1.82. The normalized spacial score (nSPS) is 21.3. The molecule has 2 atom stereocenters. The molecule has 0 saturated heterocycles. The molecule has 0 spiro atoms. The Hall–Kier alpha value is -1.06. The minimum Gasteiger partial charge on any atom is -0.491 e. The summed E-state index contributed by atoms with van der Waals surface area (Å²) in [6.45, 7) is 1.97. The maximum atomic E-state index is 9.86. The van der Waals surface area contributed by atoms with Crippen LogP contribution < -0.4 is 4.74 Å². The minimum absolute atomic E-state index is 0.287. The van der Waals surface area contributed by atoms with Gasteiger partial charge in [0.1, 0.15) is 12.4 Å². The van der Waals surface area contributed by atoms with Gasteiger partial charge in [-0.05, 0) is 49.4 Å². The van der Waals surface area contributed by atoms with E-state index < -0.39 is 6.10 Å². The quantitative estimate of drug-likeness (QED) is 0.820. The first-order valence-electron chi connectivity index (χ1n) is 5.78. The lowest BCUT2D eigenvalue weighted by Gasteiger charge is -2.22. The van der Waals surface area contributed by atoms with Crippen LogP contribution in [0.3, 0.4) is 0 Å². The highest BCUT2D eigenvalue weighted by Gasteiger charge is 2.18. The second kappa shape index (κ2) is 4.85. The predicted molar refractivity (Wildman–Crippen MR) is 61.5 cm³/mol. The van der Waals surface area contributed by atoms with Crippen LogP contribution in [0.4, 0.5) is 0 Å². The van der Waals surface area contributed by atoms with Gasteiger partial charge in [-0.3, -0.25) is 0 Å². The number of ether oxygens (including phenoxy) is 1. The van der Waals surface area contributed by atoms with E-state index >= 15 is 0 Å². The van der Waals surface area contributed by atoms with E-state index in [0.717, 1.165) is 30.6 Å². The summed E-state index contributed by atoms with van der Waals surface area (Å²) in [7, 11) is 0. The number of aliphatic hydroxyl groups is 2. The highest BCUT2D eigenvalue weighted by Crippen LogP contribution is 2.32. The van der Waals surface area contributed by atoms with Crippen LogP contribution in [0.1, 0.15) is 37.0 Å². The van der Waals surface area contributed by atoms with Gasteiger partial charge in [-0.2, -0.15) is 0 Å². The van der Waals surface area contributed by atoms with Crippen molar-refractivity contribution in [3.8, 4) is 5.75 Å². The van der Waals surface area contributed by atoms with Gasteiger partial charge in [-0.15, -0.1) is 0 Å². The highest BCUT2D eigenvalue weighted by molar-refractivity contribution is 5.38. The first-order chi connectivity index (χ1) is 7.66. The fourth-order valence-corrected chi connectivity index (χ4v) is 2.06. The topological polar surface area (TPSA) is 49.7 Å². The number of hydrogen-bond donors (Lipinski definition) is 2. The minimum atomic E-state index is -0.471. The largest absolute Gasteiger partial charge is 0.491 e. The second-order valence-corrected chi connectivity index (χ2v) is 4.43. The summed E-state index contributed by atoms with van der Waals surface area (Å²) >= 11 is 0. The van der Waals surface area contributed by atoms with Crippen molar-refractivity contribution in [3.05, 3.63) is 29.3 Å². The SMILES string of the molecule is CC(O)COc1ccc2c(c1)[C@H](O)CCC2. The van der Waals surface area contributed by atoms with Gasteiger partial charge >= 0.3 is 0 Å². The molecule has 1 aliphatic carbocycles. The molecule has 2 rings (SSSR count). The number of aliphatic hydroxyl groups excluding tert-OH is 2. The molecule has 0 amide bonds. The molecule has 1 aromatic rings. The van der Waals surface area contributed by atoms with Crippen LogP contribution in [0.15, 0.2) is 18.2 Å². The Morgan fingerprint density at radius 2 is 2.31 bits per heavy atom. The van der Waals surface area contributed by atoms with Crippen molar-refractivity contribution in [1.29, 1.82) is 0 Å². The van der Waals surface area contributed by atoms with Crippen LogP contribution >= 0.6 is 0 Å². The third-order valence-corrected chi connectivity index (χ3v) is 2.89. The summed E-state index contributed by atoms with van der Waals surface area (Å²) in [6, 6.07) is 5.80. The third kappa shape index (κ3) is 2.54. The molecule has 88 valence electrons. The van der Waals surface area contributed by atoms with Crippen molar-refractivity contribution < 1.29 is 14.9 Å². The van der Waals surface area contributed by atoms with Crippen LogP contribution in [-0.4, -0.2) is 22.9 Å².